The Kier molecular flexibility index (Phi) is 7.22. The van der Waals surface area contributed by atoms with Crippen LogP contribution in [0, 0.1) is 5.41 Å². The molecule has 0 spiro atoms. The van der Waals surface area contributed by atoms with Gasteiger partial charge in [0.25, 0.3) is 0 Å². The van der Waals surface area contributed by atoms with Gasteiger partial charge in [0.05, 0.1) is 0 Å². The van der Waals surface area contributed by atoms with Crippen molar-refractivity contribution in [2.75, 3.05) is 20.4 Å². The molecule has 5 heteroatoms. The van der Waals surface area contributed by atoms with Gasteiger partial charge in [0.2, 0.25) is 0 Å². The summed E-state index contributed by atoms with van der Waals surface area (Å²) in [6, 6.07) is 0. The molecule has 0 heterocycles. The van der Waals surface area contributed by atoms with Gasteiger partial charge in [-0.15, -0.1) is 0 Å². The average Bonchev–Trinajstić information content (AvgIpc) is 2.35. The van der Waals surface area contributed by atoms with Gasteiger partial charge in [-0.1, -0.05) is 33.6 Å². The third-order valence-electron chi connectivity index (χ3n) is 3.43. The van der Waals surface area contributed by atoms with E-state index in [0.29, 0.717) is 0 Å². The molecule has 0 aromatic carbocycles. The van der Waals surface area contributed by atoms with Gasteiger partial charge in [0.15, 0.2) is 5.78 Å². The second-order valence-corrected chi connectivity index (χ2v) is 6.84. The van der Waals surface area contributed by atoms with Crippen molar-refractivity contribution in [3.8, 4) is 0 Å². The fourth-order valence-electron chi connectivity index (χ4n) is 1.65. The fraction of sp³-hybridized carbons (Fsp3) is 0.917. The topological polar surface area (TPSA) is 52.6 Å². The molecule has 0 N–H and O–H groups in total. The summed E-state index contributed by atoms with van der Waals surface area (Å²) in [7, 11) is -0.604. The zero-order valence-corrected chi connectivity index (χ0v) is 12.5. The predicted octanol–water partition coefficient (Wildman–Crippen LogP) is 3.65. The normalized spacial score (nSPS) is 15.6. The van der Waals surface area contributed by atoms with Crippen LogP contribution in [-0.4, -0.2) is 26.2 Å². The van der Waals surface area contributed by atoms with Crippen LogP contribution in [0.15, 0.2) is 0 Å². The van der Waals surface area contributed by atoms with Crippen molar-refractivity contribution in [3.05, 3.63) is 0 Å². The largest absolute Gasteiger partial charge is 0.337 e. The number of rotatable bonds is 9. The highest BCUT2D eigenvalue weighted by Crippen LogP contribution is 2.48. The molecule has 0 aliphatic heterocycles. The van der Waals surface area contributed by atoms with Crippen LogP contribution in [0.3, 0.4) is 0 Å². The Bertz CT molecular complexity index is 282. The monoisotopic (exact) mass is 264 g/mol. The first-order valence-corrected chi connectivity index (χ1v) is 7.84. The smallest absolute Gasteiger partial charge is 0.312 e. The summed E-state index contributed by atoms with van der Waals surface area (Å²) in [4.78, 5) is 12.2. The van der Waals surface area contributed by atoms with Crippen LogP contribution in [0.1, 0.15) is 46.5 Å². The SMILES string of the molecule is CCCCC(C)(CC)C(=O)CP(=O)(OC)OC. The molecule has 102 valence electrons. The number of hydrogen-bond acceptors (Lipinski definition) is 4. The number of hydrogen-bond donors (Lipinski definition) is 0. The maximum absolute atomic E-state index is 12.2. The predicted molar refractivity (Wildman–Crippen MR) is 69.4 cm³/mol. The average molecular weight is 264 g/mol. The highest BCUT2D eigenvalue weighted by atomic mass is 31.2. The molecule has 1 unspecified atom stereocenters. The third-order valence-corrected chi connectivity index (χ3v) is 5.22. The summed E-state index contributed by atoms with van der Waals surface area (Å²) in [5, 5.41) is 0. The van der Waals surface area contributed by atoms with Gasteiger partial charge in [-0.3, -0.25) is 9.36 Å². The van der Waals surface area contributed by atoms with Crippen molar-refractivity contribution in [2.45, 2.75) is 46.5 Å². The Morgan fingerprint density at radius 1 is 1.24 bits per heavy atom. The van der Waals surface area contributed by atoms with Crippen molar-refractivity contribution < 1.29 is 18.4 Å². The molecule has 4 nitrogen and oxygen atoms in total. The molecule has 0 fully saturated rings. The van der Waals surface area contributed by atoms with Crippen LogP contribution in [0.25, 0.3) is 0 Å². The Balaban J connectivity index is 4.70. The van der Waals surface area contributed by atoms with E-state index in [1.165, 1.54) is 14.2 Å². The number of Topliss-reactive ketones (excluding diaryl/α,β-unsaturated/α-hetero) is 1. The Labute approximate surface area is 105 Å². The summed E-state index contributed by atoms with van der Waals surface area (Å²) in [5.41, 5.74) is -0.414. The van der Waals surface area contributed by atoms with Gasteiger partial charge in [0.1, 0.15) is 6.16 Å². The molecular formula is C12H25O4P. The highest BCUT2D eigenvalue weighted by Gasteiger charge is 2.36. The molecule has 0 aliphatic rings. The van der Waals surface area contributed by atoms with Crippen LogP contribution in [-0.2, 0) is 18.4 Å². The van der Waals surface area contributed by atoms with Crippen molar-refractivity contribution in [1.29, 1.82) is 0 Å². The van der Waals surface area contributed by atoms with E-state index in [2.05, 4.69) is 6.92 Å². The zero-order valence-electron chi connectivity index (χ0n) is 11.6. The summed E-state index contributed by atoms with van der Waals surface area (Å²) >= 11 is 0. The van der Waals surface area contributed by atoms with Gasteiger partial charge in [-0.2, -0.15) is 0 Å². The van der Waals surface area contributed by atoms with Gasteiger partial charge in [-0.25, -0.2) is 0 Å². The summed E-state index contributed by atoms with van der Waals surface area (Å²) in [6.45, 7) is 6.01. The standard InChI is InChI=1S/C12H25O4P/c1-6-8-9-12(3,7-2)11(13)10-17(14,15-4)16-5/h6-10H2,1-5H3. The summed E-state index contributed by atoms with van der Waals surface area (Å²) in [6.07, 6.45) is 3.50. The van der Waals surface area contributed by atoms with Gasteiger partial charge < -0.3 is 9.05 Å². The minimum atomic E-state index is -3.23. The minimum Gasteiger partial charge on any atom is -0.312 e. The van der Waals surface area contributed by atoms with Gasteiger partial charge >= 0.3 is 7.60 Å². The van der Waals surface area contributed by atoms with E-state index >= 15 is 0 Å². The van der Waals surface area contributed by atoms with Crippen molar-refractivity contribution in [1.82, 2.24) is 0 Å². The van der Waals surface area contributed by atoms with Crippen LogP contribution >= 0.6 is 7.60 Å². The molecule has 0 aromatic heterocycles. The van der Waals surface area contributed by atoms with Crippen LogP contribution < -0.4 is 0 Å². The Morgan fingerprint density at radius 3 is 2.12 bits per heavy atom. The molecule has 0 radical (unpaired) electrons. The molecule has 1 atom stereocenters. The van der Waals surface area contributed by atoms with E-state index < -0.39 is 13.0 Å². The quantitative estimate of drug-likeness (QED) is 0.596. The molecule has 0 aromatic rings. The zero-order chi connectivity index (χ0) is 13.5. The lowest BCUT2D eigenvalue weighted by molar-refractivity contribution is -0.126. The van der Waals surface area contributed by atoms with Crippen LogP contribution in [0.4, 0.5) is 0 Å². The molecule has 17 heavy (non-hydrogen) atoms. The lowest BCUT2D eigenvalue weighted by Crippen LogP contribution is -2.30. The Morgan fingerprint density at radius 2 is 1.76 bits per heavy atom. The van der Waals surface area contributed by atoms with E-state index in [-0.39, 0.29) is 11.9 Å². The van der Waals surface area contributed by atoms with Gasteiger partial charge in [0, 0.05) is 19.6 Å². The second-order valence-electron chi connectivity index (χ2n) is 4.58. The molecule has 0 amide bonds. The lowest BCUT2D eigenvalue weighted by atomic mass is 9.79. The number of carbonyl (C=O) groups is 1. The van der Waals surface area contributed by atoms with Crippen molar-refractivity contribution >= 4 is 13.4 Å². The molecule has 0 bridgehead atoms. The maximum Gasteiger partial charge on any atom is 0.337 e. The van der Waals surface area contributed by atoms with Crippen LogP contribution in [0.5, 0.6) is 0 Å². The molecule has 0 aliphatic carbocycles. The minimum absolute atomic E-state index is 0.0273. The molecule has 0 rings (SSSR count). The van der Waals surface area contributed by atoms with Crippen molar-refractivity contribution in [2.24, 2.45) is 5.41 Å². The molecule has 0 saturated carbocycles. The number of ketones is 1. The van der Waals surface area contributed by atoms with E-state index in [1.54, 1.807) is 0 Å². The Hall–Kier alpha value is -0.180. The lowest BCUT2D eigenvalue weighted by Gasteiger charge is -2.27. The van der Waals surface area contributed by atoms with Gasteiger partial charge in [-0.05, 0) is 12.8 Å². The van der Waals surface area contributed by atoms with E-state index in [4.69, 9.17) is 9.05 Å². The van der Waals surface area contributed by atoms with E-state index in [1.807, 2.05) is 13.8 Å². The maximum atomic E-state index is 12.2. The highest BCUT2D eigenvalue weighted by molar-refractivity contribution is 7.54. The third kappa shape index (κ3) is 4.90. The second kappa shape index (κ2) is 7.30. The number of carbonyl (C=O) groups excluding carboxylic acids is 1. The molecular weight excluding hydrogens is 239 g/mol. The van der Waals surface area contributed by atoms with Crippen LogP contribution in [0.2, 0.25) is 0 Å². The van der Waals surface area contributed by atoms with E-state index in [0.717, 1.165) is 25.7 Å². The van der Waals surface area contributed by atoms with Crippen molar-refractivity contribution in [3.63, 3.8) is 0 Å². The molecule has 0 saturated heterocycles. The summed E-state index contributed by atoms with van der Waals surface area (Å²) < 4.78 is 21.6. The number of unbranched alkanes of at least 4 members (excludes halogenated alkanes) is 1. The summed E-state index contributed by atoms with van der Waals surface area (Å²) in [5.74, 6) is -0.0273. The fourth-order valence-corrected chi connectivity index (χ4v) is 2.79. The first-order valence-electron chi connectivity index (χ1n) is 6.11. The first-order chi connectivity index (χ1) is 7.87. The van der Waals surface area contributed by atoms with E-state index in [9.17, 15) is 9.36 Å². The first kappa shape index (κ1) is 16.8.